The number of hydrogen-bond acceptors (Lipinski definition) is 3. The summed E-state index contributed by atoms with van der Waals surface area (Å²) in [6.45, 7) is 0. The van der Waals surface area contributed by atoms with Gasteiger partial charge in [0.2, 0.25) is 0 Å². The second kappa shape index (κ2) is 6.37. The Balaban J connectivity index is 0.000000561. The minimum atomic E-state index is -0.291. The van der Waals surface area contributed by atoms with Gasteiger partial charge < -0.3 is 10.5 Å². The summed E-state index contributed by atoms with van der Waals surface area (Å²) in [7, 11) is 2.87. The monoisotopic (exact) mass is 167 g/mol. The Morgan fingerprint density at radius 3 is 2.17 bits per heavy atom. The van der Waals surface area contributed by atoms with Gasteiger partial charge in [-0.2, -0.15) is 0 Å². The molecule has 0 aliphatic carbocycles. The zero-order valence-corrected chi connectivity index (χ0v) is 7.28. The van der Waals surface area contributed by atoms with E-state index >= 15 is 0 Å². The highest BCUT2D eigenvalue weighted by atomic mass is 16.5. The summed E-state index contributed by atoms with van der Waals surface area (Å²) in [5.74, 6) is -0.291. The van der Waals surface area contributed by atoms with Crippen LogP contribution in [-0.2, 0) is 4.74 Å². The number of benzene rings is 1. The van der Waals surface area contributed by atoms with Gasteiger partial charge in [-0.15, -0.1) is 0 Å². The molecule has 1 aromatic rings. The lowest BCUT2D eigenvalue weighted by atomic mass is 10.2. The summed E-state index contributed by atoms with van der Waals surface area (Å²) >= 11 is 0. The lowest BCUT2D eigenvalue weighted by Crippen LogP contribution is -1.99. The summed E-state index contributed by atoms with van der Waals surface area (Å²) in [4.78, 5) is 10.8. The topological polar surface area (TPSA) is 52.3 Å². The molecule has 2 N–H and O–H groups in total. The van der Waals surface area contributed by atoms with E-state index in [4.69, 9.17) is 0 Å². The van der Waals surface area contributed by atoms with Crippen LogP contribution in [0.4, 0.5) is 0 Å². The normalized spacial score (nSPS) is 7.92. The fourth-order valence-electron chi connectivity index (χ4n) is 0.692. The van der Waals surface area contributed by atoms with Gasteiger partial charge in [-0.25, -0.2) is 4.79 Å². The van der Waals surface area contributed by atoms with Gasteiger partial charge in [0.05, 0.1) is 12.7 Å². The van der Waals surface area contributed by atoms with Crippen LogP contribution in [0.5, 0.6) is 0 Å². The first-order valence-corrected chi connectivity index (χ1v) is 3.55. The second-order valence-electron chi connectivity index (χ2n) is 1.86. The van der Waals surface area contributed by atoms with Crippen molar-refractivity contribution in [3.8, 4) is 0 Å². The SMILES string of the molecule is CN.COC(=O)c1ccccc1. The summed E-state index contributed by atoms with van der Waals surface area (Å²) < 4.78 is 4.50. The third-order valence-corrected chi connectivity index (χ3v) is 1.19. The molecule has 0 aliphatic heterocycles. The van der Waals surface area contributed by atoms with Gasteiger partial charge in [-0.1, -0.05) is 18.2 Å². The lowest BCUT2D eigenvalue weighted by Gasteiger charge is -1.95. The molecule has 0 saturated heterocycles. The van der Waals surface area contributed by atoms with Gasteiger partial charge in [-0.05, 0) is 19.2 Å². The van der Waals surface area contributed by atoms with Crippen molar-refractivity contribution >= 4 is 5.97 Å². The molecule has 0 saturated carbocycles. The standard InChI is InChI=1S/C8H8O2.CH5N/c1-10-8(9)7-5-3-2-4-6-7;1-2/h2-6H,1H3;2H2,1H3. The van der Waals surface area contributed by atoms with E-state index < -0.39 is 0 Å². The first-order valence-electron chi connectivity index (χ1n) is 3.55. The highest BCUT2D eigenvalue weighted by molar-refractivity contribution is 5.89. The first kappa shape index (κ1) is 10.7. The predicted octanol–water partition coefficient (Wildman–Crippen LogP) is 1.05. The van der Waals surface area contributed by atoms with Crippen molar-refractivity contribution < 1.29 is 9.53 Å². The number of methoxy groups -OCH3 is 1. The van der Waals surface area contributed by atoms with Gasteiger partial charge in [0.15, 0.2) is 0 Å². The molecule has 0 heterocycles. The van der Waals surface area contributed by atoms with Crippen LogP contribution in [-0.4, -0.2) is 20.1 Å². The van der Waals surface area contributed by atoms with E-state index in [1.807, 2.05) is 6.07 Å². The molecule has 1 rings (SSSR count). The lowest BCUT2D eigenvalue weighted by molar-refractivity contribution is 0.0601. The van der Waals surface area contributed by atoms with E-state index in [9.17, 15) is 4.79 Å². The number of carbonyl (C=O) groups excluding carboxylic acids is 1. The maximum atomic E-state index is 10.8. The Morgan fingerprint density at radius 2 is 1.75 bits per heavy atom. The van der Waals surface area contributed by atoms with Crippen LogP contribution in [0.25, 0.3) is 0 Å². The van der Waals surface area contributed by atoms with Crippen molar-refractivity contribution in [2.45, 2.75) is 0 Å². The van der Waals surface area contributed by atoms with Crippen LogP contribution in [0.2, 0.25) is 0 Å². The van der Waals surface area contributed by atoms with E-state index in [1.54, 1.807) is 24.3 Å². The maximum absolute atomic E-state index is 10.8. The summed E-state index contributed by atoms with van der Waals surface area (Å²) in [6.07, 6.45) is 0. The van der Waals surface area contributed by atoms with Gasteiger partial charge in [0.25, 0.3) is 0 Å². The Hall–Kier alpha value is -1.35. The molecule has 3 heteroatoms. The second-order valence-corrected chi connectivity index (χ2v) is 1.86. The highest BCUT2D eigenvalue weighted by Crippen LogP contribution is 1.98. The predicted molar refractivity (Wildman–Crippen MR) is 47.9 cm³/mol. The number of hydrogen-bond donors (Lipinski definition) is 1. The Labute approximate surface area is 72.1 Å². The summed E-state index contributed by atoms with van der Waals surface area (Å²) in [5, 5.41) is 0. The van der Waals surface area contributed by atoms with E-state index in [0.29, 0.717) is 5.56 Å². The largest absolute Gasteiger partial charge is 0.465 e. The Bertz CT molecular complexity index is 221. The molecule has 0 amide bonds. The molecule has 0 atom stereocenters. The Morgan fingerprint density at radius 1 is 1.25 bits per heavy atom. The molecular formula is C9H13NO2. The van der Waals surface area contributed by atoms with Crippen LogP contribution in [0.3, 0.4) is 0 Å². The van der Waals surface area contributed by atoms with E-state index in [1.165, 1.54) is 14.2 Å². The average molecular weight is 167 g/mol. The number of ether oxygens (including phenoxy) is 1. The molecule has 0 fully saturated rings. The van der Waals surface area contributed by atoms with E-state index in [0.717, 1.165) is 0 Å². The molecule has 0 bridgehead atoms. The van der Waals surface area contributed by atoms with Crippen LogP contribution < -0.4 is 5.73 Å². The summed E-state index contributed by atoms with van der Waals surface area (Å²) in [6, 6.07) is 8.88. The zero-order valence-electron chi connectivity index (χ0n) is 7.28. The summed E-state index contributed by atoms with van der Waals surface area (Å²) in [5.41, 5.74) is 5.09. The molecule has 12 heavy (non-hydrogen) atoms. The van der Waals surface area contributed by atoms with Gasteiger partial charge >= 0.3 is 5.97 Å². The maximum Gasteiger partial charge on any atom is 0.337 e. The molecule has 66 valence electrons. The van der Waals surface area contributed by atoms with Crippen molar-refractivity contribution in [2.24, 2.45) is 5.73 Å². The smallest absolute Gasteiger partial charge is 0.337 e. The fourth-order valence-corrected chi connectivity index (χ4v) is 0.692. The van der Waals surface area contributed by atoms with Crippen molar-refractivity contribution in [1.82, 2.24) is 0 Å². The van der Waals surface area contributed by atoms with Crippen LogP contribution in [0, 0.1) is 0 Å². The first-order chi connectivity index (χ1) is 5.84. The molecule has 0 radical (unpaired) electrons. The van der Waals surface area contributed by atoms with Crippen LogP contribution in [0.1, 0.15) is 10.4 Å². The highest BCUT2D eigenvalue weighted by Gasteiger charge is 2.00. The third-order valence-electron chi connectivity index (χ3n) is 1.19. The van der Waals surface area contributed by atoms with Gasteiger partial charge in [-0.3, -0.25) is 0 Å². The molecule has 0 spiro atoms. The van der Waals surface area contributed by atoms with E-state index in [-0.39, 0.29) is 5.97 Å². The van der Waals surface area contributed by atoms with Crippen molar-refractivity contribution in [3.63, 3.8) is 0 Å². The number of rotatable bonds is 1. The van der Waals surface area contributed by atoms with Crippen molar-refractivity contribution in [3.05, 3.63) is 35.9 Å². The third kappa shape index (κ3) is 3.16. The molecule has 0 unspecified atom stereocenters. The van der Waals surface area contributed by atoms with Crippen molar-refractivity contribution in [2.75, 3.05) is 14.2 Å². The molecule has 0 aliphatic rings. The van der Waals surface area contributed by atoms with Gasteiger partial charge in [0, 0.05) is 0 Å². The zero-order chi connectivity index (χ0) is 9.40. The fraction of sp³-hybridized carbons (Fsp3) is 0.222. The van der Waals surface area contributed by atoms with Gasteiger partial charge in [0.1, 0.15) is 0 Å². The number of nitrogens with two attached hydrogens (primary N) is 1. The molecule has 1 aromatic carbocycles. The minimum absolute atomic E-state index is 0.291. The van der Waals surface area contributed by atoms with E-state index in [2.05, 4.69) is 10.5 Å². The molecule has 3 nitrogen and oxygen atoms in total. The molecular weight excluding hydrogens is 154 g/mol. The average Bonchev–Trinajstić information content (AvgIpc) is 2.21. The Kier molecular flexibility index (Phi) is 5.65. The number of carbonyl (C=O) groups is 1. The molecule has 0 aromatic heterocycles. The van der Waals surface area contributed by atoms with Crippen molar-refractivity contribution in [1.29, 1.82) is 0 Å². The minimum Gasteiger partial charge on any atom is -0.465 e. The van der Waals surface area contributed by atoms with Crippen LogP contribution >= 0.6 is 0 Å². The number of esters is 1. The van der Waals surface area contributed by atoms with Crippen LogP contribution in [0.15, 0.2) is 30.3 Å². The quantitative estimate of drug-likeness (QED) is 0.636.